The summed E-state index contributed by atoms with van der Waals surface area (Å²) in [6.07, 6.45) is -1.53. The van der Waals surface area contributed by atoms with E-state index in [1.165, 1.54) is 18.3 Å². The van der Waals surface area contributed by atoms with Crippen molar-refractivity contribution in [1.29, 1.82) is 0 Å². The maximum Gasteiger partial charge on any atom is 0.293 e. The highest BCUT2D eigenvalue weighted by atomic mass is 32.2. The molecule has 0 saturated heterocycles. The van der Waals surface area contributed by atoms with Gasteiger partial charge in [0.25, 0.3) is 18.3 Å². The summed E-state index contributed by atoms with van der Waals surface area (Å²) in [4.78, 5) is 31.3. The molecule has 2 saturated carbocycles. The van der Waals surface area contributed by atoms with Crippen LogP contribution in [0.5, 0.6) is 0 Å². The highest BCUT2D eigenvalue weighted by Gasteiger charge is 2.67. The van der Waals surface area contributed by atoms with Crippen LogP contribution in [0.1, 0.15) is 76.2 Å². The molecule has 3 atom stereocenters. The molecular formula is C34H26F7N7O4S. The number of nitrogens with one attached hydrogen (secondary N) is 3. The van der Waals surface area contributed by atoms with Gasteiger partial charge >= 0.3 is 0 Å². The predicted molar refractivity (Wildman–Crippen MR) is 172 cm³/mol. The Morgan fingerprint density at radius 3 is 2.45 bits per heavy atom. The minimum atomic E-state index is -4.06. The van der Waals surface area contributed by atoms with Crippen molar-refractivity contribution in [3.63, 3.8) is 0 Å². The maximum atomic E-state index is 15.2. The molecule has 3 aliphatic carbocycles. The van der Waals surface area contributed by atoms with Gasteiger partial charge in [0.15, 0.2) is 0 Å². The third kappa shape index (κ3) is 6.29. The lowest BCUT2D eigenvalue weighted by atomic mass is 9.94. The van der Waals surface area contributed by atoms with E-state index in [0.717, 1.165) is 24.3 Å². The van der Waals surface area contributed by atoms with Gasteiger partial charge in [-0.1, -0.05) is 6.07 Å². The third-order valence-electron chi connectivity index (χ3n) is 9.66. The van der Waals surface area contributed by atoms with E-state index in [2.05, 4.69) is 25.6 Å². The zero-order chi connectivity index (χ0) is 37.6. The largest absolute Gasteiger partial charge is 0.346 e. The number of sulfonamides is 1. The lowest BCUT2D eigenvalue weighted by Gasteiger charge is -2.23. The van der Waals surface area contributed by atoms with Crippen LogP contribution in [0.2, 0.25) is 0 Å². The number of carbonyl (C=O) groups is 2. The molecule has 11 nitrogen and oxygen atoms in total. The highest BCUT2D eigenvalue weighted by Crippen LogP contribution is 2.68. The lowest BCUT2D eigenvalue weighted by molar-refractivity contribution is -0.123. The molecule has 19 heteroatoms. The smallest absolute Gasteiger partial charge is 0.293 e. The molecule has 0 bridgehead atoms. The number of halogens is 7. The molecule has 3 aromatic heterocycles. The van der Waals surface area contributed by atoms with Gasteiger partial charge in [-0.05, 0) is 73.1 Å². The number of aromatic amines is 1. The highest BCUT2D eigenvalue weighted by molar-refractivity contribution is 7.91. The Kier molecular flexibility index (Phi) is 8.12. The van der Waals surface area contributed by atoms with Crippen molar-refractivity contribution in [3.8, 4) is 11.1 Å². The molecule has 0 spiro atoms. The Balaban J connectivity index is 1.19. The van der Waals surface area contributed by atoms with Gasteiger partial charge in [-0.25, -0.2) is 40.1 Å². The Morgan fingerprint density at radius 2 is 1.75 bits per heavy atom. The number of aromatic nitrogens is 5. The summed E-state index contributed by atoms with van der Waals surface area (Å²) in [5.41, 5.74) is -1.76. The van der Waals surface area contributed by atoms with E-state index in [9.17, 15) is 35.6 Å². The van der Waals surface area contributed by atoms with E-state index in [0.29, 0.717) is 29.1 Å². The van der Waals surface area contributed by atoms with Crippen molar-refractivity contribution in [2.45, 2.75) is 61.8 Å². The van der Waals surface area contributed by atoms with E-state index in [1.54, 1.807) is 0 Å². The molecule has 5 aromatic rings. The Labute approximate surface area is 295 Å². The van der Waals surface area contributed by atoms with Gasteiger partial charge in [0.1, 0.15) is 40.9 Å². The van der Waals surface area contributed by atoms with Crippen LogP contribution in [0.15, 0.2) is 48.7 Å². The predicted octanol–water partition coefficient (Wildman–Crippen LogP) is 5.71. The van der Waals surface area contributed by atoms with Gasteiger partial charge in [-0.15, -0.1) is 0 Å². The minimum absolute atomic E-state index is 0.0118. The zero-order valence-electron chi connectivity index (χ0n) is 27.0. The number of hydrogen-bond donors (Lipinski definition) is 3. The Hall–Kier alpha value is -5.33. The van der Waals surface area contributed by atoms with Gasteiger partial charge in [0.2, 0.25) is 15.9 Å². The van der Waals surface area contributed by atoms with E-state index in [1.807, 2.05) is 4.72 Å². The van der Waals surface area contributed by atoms with Crippen LogP contribution in [0.25, 0.3) is 22.2 Å². The molecule has 53 heavy (non-hydrogen) atoms. The number of H-pyrrole nitrogens is 1. The number of alkyl halides is 4. The molecule has 2 aromatic carbocycles. The molecular weight excluding hydrogens is 735 g/mol. The monoisotopic (exact) mass is 761 g/mol. The maximum absolute atomic E-state index is 15.2. The standard InChI is InChI=1S/C34H26F7N7O4S/c35-16-5-14(6-17(36)9-16)7-25(43-27(49)13-48-31-28(30(46-48)32(38)39)20-10-22(20)34(31,40)41)29-19(11-24-26(44-29)12-42-45-24)15-1-4-23(37)21(8-15)33(50)47-53(51,52)18-2-3-18/h1,4-6,8-9,11-12,18,20,22,25,32H,2-3,7,10,13H2,(H,42,45)(H,43,49)(H,47,50)/t20-,22+,25?/m0/s1. The lowest BCUT2D eigenvalue weighted by Crippen LogP contribution is -2.35. The van der Waals surface area contributed by atoms with Crippen LogP contribution in [0.4, 0.5) is 30.7 Å². The first-order valence-corrected chi connectivity index (χ1v) is 17.9. The van der Waals surface area contributed by atoms with E-state index in [-0.39, 0.29) is 46.3 Å². The van der Waals surface area contributed by atoms with Gasteiger partial charge in [0, 0.05) is 23.1 Å². The van der Waals surface area contributed by atoms with Crippen molar-refractivity contribution < 1.29 is 48.7 Å². The molecule has 0 aliphatic heterocycles. The van der Waals surface area contributed by atoms with Crippen LogP contribution in [-0.2, 0) is 33.7 Å². The Morgan fingerprint density at radius 1 is 1.02 bits per heavy atom. The fourth-order valence-electron chi connectivity index (χ4n) is 7.04. The molecule has 3 N–H and O–H groups in total. The van der Waals surface area contributed by atoms with Crippen molar-refractivity contribution in [3.05, 3.63) is 99.9 Å². The first kappa shape index (κ1) is 34.7. The normalized spacial score (nSPS) is 19.2. The van der Waals surface area contributed by atoms with Crippen molar-refractivity contribution in [1.82, 2.24) is 35.0 Å². The average molecular weight is 762 g/mol. The molecule has 3 heterocycles. The summed E-state index contributed by atoms with van der Waals surface area (Å²) >= 11 is 0. The summed E-state index contributed by atoms with van der Waals surface area (Å²) in [5, 5.41) is 12.2. The second kappa shape index (κ2) is 12.4. The first-order chi connectivity index (χ1) is 25.1. The summed E-state index contributed by atoms with van der Waals surface area (Å²) < 4.78 is 129. The molecule has 8 rings (SSSR count). The number of amides is 2. The Bertz CT molecular complexity index is 2430. The quantitative estimate of drug-likeness (QED) is 0.146. The SMILES string of the molecule is O=C(Cn1nc(C(F)F)c2c1C(F)(F)[C@@H]1C[C@H]21)NC(Cc1cc(F)cc(F)c1)c1nc2cn[nH]c2cc1-c1ccc(F)c(C(=O)NS(=O)(=O)C2CC2)c1. The van der Waals surface area contributed by atoms with E-state index >= 15 is 13.2 Å². The number of fused-ring (bicyclic) bond motifs is 4. The second-order valence-corrected chi connectivity index (χ2v) is 15.3. The van der Waals surface area contributed by atoms with Crippen LogP contribution in [0.3, 0.4) is 0 Å². The zero-order valence-corrected chi connectivity index (χ0v) is 27.8. The first-order valence-electron chi connectivity index (χ1n) is 16.3. The number of pyridine rings is 1. The van der Waals surface area contributed by atoms with Gasteiger partial charge in [-0.3, -0.25) is 19.4 Å². The van der Waals surface area contributed by atoms with Crippen molar-refractivity contribution in [2.24, 2.45) is 5.92 Å². The summed E-state index contributed by atoms with van der Waals surface area (Å²) in [6.45, 7) is -0.933. The van der Waals surface area contributed by atoms with Crippen molar-refractivity contribution in [2.75, 3.05) is 0 Å². The van der Waals surface area contributed by atoms with Gasteiger partial charge < -0.3 is 5.32 Å². The summed E-state index contributed by atoms with van der Waals surface area (Å²) in [5.74, 6) is -10.7. The second-order valence-electron chi connectivity index (χ2n) is 13.4. The topological polar surface area (TPSA) is 152 Å². The average Bonchev–Trinajstić information content (AvgIpc) is 3.99. The molecule has 2 amide bonds. The van der Waals surface area contributed by atoms with Crippen LogP contribution < -0.4 is 10.0 Å². The molecule has 1 unspecified atom stereocenters. The molecule has 2 fully saturated rings. The van der Waals surface area contributed by atoms with Gasteiger partial charge in [-0.2, -0.15) is 19.0 Å². The number of nitrogens with zero attached hydrogens (tertiary/aromatic N) is 4. The number of rotatable bonds is 11. The van der Waals surface area contributed by atoms with E-state index in [4.69, 9.17) is 0 Å². The molecule has 0 radical (unpaired) electrons. The number of hydrogen-bond acceptors (Lipinski definition) is 7. The summed E-state index contributed by atoms with van der Waals surface area (Å²) in [6, 6.07) is 5.96. The third-order valence-corrected chi connectivity index (χ3v) is 11.5. The van der Waals surface area contributed by atoms with Crippen LogP contribution in [-0.4, -0.2) is 50.4 Å². The van der Waals surface area contributed by atoms with Crippen molar-refractivity contribution >= 4 is 32.9 Å². The number of benzene rings is 2. The number of carbonyl (C=O) groups excluding carboxylic acids is 2. The van der Waals surface area contributed by atoms with E-state index < -0.39 is 98.3 Å². The van der Waals surface area contributed by atoms with Crippen LogP contribution in [0, 0.1) is 23.4 Å². The fourth-order valence-corrected chi connectivity index (χ4v) is 8.33. The van der Waals surface area contributed by atoms with Crippen LogP contribution >= 0.6 is 0 Å². The fraction of sp³-hybridized carbons (Fsp3) is 0.324. The molecule has 276 valence electrons. The minimum Gasteiger partial charge on any atom is -0.346 e. The summed E-state index contributed by atoms with van der Waals surface area (Å²) in [7, 11) is -4.06. The van der Waals surface area contributed by atoms with Gasteiger partial charge in [0.05, 0.1) is 34.3 Å². The molecule has 3 aliphatic rings.